The predicted molar refractivity (Wildman–Crippen MR) is 93.9 cm³/mol. The van der Waals surface area contributed by atoms with Gasteiger partial charge in [0.05, 0.1) is 0 Å². The Morgan fingerprint density at radius 3 is 2.64 bits per heavy atom. The van der Waals surface area contributed by atoms with E-state index in [-0.39, 0.29) is 11.5 Å². The van der Waals surface area contributed by atoms with Gasteiger partial charge in [-0.15, -0.1) is 0 Å². The van der Waals surface area contributed by atoms with Crippen LogP contribution in [-0.2, 0) is 0 Å². The third-order valence-electron chi connectivity index (χ3n) is 4.35. The van der Waals surface area contributed by atoms with Crippen LogP contribution in [0, 0.1) is 6.92 Å². The topological polar surface area (TPSA) is 82.4 Å². The van der Waals surface area contributed by atoms with Crippen LogP contribution in [0.5, 0.6) is 0 Å². The summed E-state index contributed by atoms with van der Waals surface area (Å²) in [5.41, 5.74) is 2.44. The average Bonchev–Trinajstić information content (AvgIpc) is 3.04. The minimum absolute atomic E-state index is 0.119. The highest BCUT2D eigenvalue weighted by Gasteiger charge is 2.25. The quantitative estimate of drug-likeness (QED) is 0.770. The average molecular weight is 338 g/mol. The van der Waals surface area contributed by atoms with Gasteiger partial charge in [0.25, 0.3) is 11.9 Å². The number of anilines is 1. The Labute approximate surface area is 143 Å². The zero-order chi connectivity index (χ0) is 17.4. The first kappa shape index (κ1) is 15.4. The van der Waals surface area contributed by atoms with Crippen LogP contribution in [0.15, 0.2) is 45.6 Å². The summed E-state index contributed by atoms with van der Waals surface area (Å²) in [6, 6.07) is 11.3. The number of piperazine rings is 1. The second-order valence-corrected chi connectivity index (χ2v) is 6.16. The van der Waals surface area contributed by atoms with Crippen molar-refractivity contribution >= 4 is 23.0 Å². The summed E-state index contributed by atoms with van der Waals surface area (Å²) in [7, 11) is 0. The Morgan fingerprint density at radius 1 is 1.16 bits per heavy atom. The van der Waals surface area contributed by atoms with E-state index in [9.17, 15) is 9.59 Å². The van der Waals surface area contributed by atoms with E-state index in [1.807, 2.05) is 29.2 Å². The fraction of sp³-hybridized carbons (Fsp3) is 0.278. The van der Waals surface area contributed by atoms with Crippen molar-refractivity contribution in [1.82, 2.24) is 14.9 Å². The van der Waals surface area contributed by atoms with E-state index in [1.54, 1.807) is 17.9 Å². The lowest BCUT2D eigenvalue weighted by Gasteiger charge is -2.33. The molecule has 1 saturated heterocycles. The summed E-state index contributed by atoms with van der Waals surface area (Å²) in [6.07, 6.45) is 0. The van der Waals surface area contributed by atoms with Crippen LogP contribution >= 0.6 is 0 Å². The lowest BCUT2D eigenvalue weighted by atomic mass is 10.2. The van der Waals surface area contributed by atoms with E-state index < -0.39 is 0 Å². The van der Waals surface area contributed by atoms with Crippen molar-refractivity contribution in [3.05, 3.63) is 58.0 Å². The van der Waals surface area contributed by atoms with Crippen LogP contribution in [0.3, 0.4) is 0 Å². The summed E-state index contributed by atoms with van der Waals surface area (Å²) in [5, 5.41) is 0. The fourth-order valence-electron chi connectivity index (χ4n) is 3.08. The number of aromatic nitrogens is 2. The zero-order valence-corrected chi connectivity index (χ0v) is 13.9. The van der Waals surface area contributed by atoms with E-state index in [0.29, 0.717) is 43.5 Å². The number of H-pyrrole nitrogens is 1. The molecular weight excluding hydrogens is 320 g/mol. The first-order valence-corrected chi connectivity index (χ1v) is 8.21. The number of carbonyl (C=O) groups is 1. The van der Waals surface area contributed by atoms with E-state index in [0.717, 1.165) is 11.1 Å². The van der Waals surface area contributed by atoms with Crippen molar-refractivity contribution in [2.45, 2.75) is 6.92 Å². The molecule has 128 valence electrons. The number of fused-ring (bicyclic) bond motifs is 1. The minimum atomic E-state index is -0.256. The molecule has 0 radical (unpaired) electrons. The summed E-state index contributed by atoms with van der Waals surface area (Å²) in [4.78, 5) is 35.1. The molecule has 2 aromatic heterocycles. The third kappa shape index (κ3) is 3.00. The van der Waals surface area contributed by atoms with E-state index >= 15 is 0 Å². The maximum Gasteiger partial charge on any atom is 0.298 e. The highest BCUT2D eigenvalue weighted by Crippen LogP contribution is 2.22. The molecule has 7 heteroatoms. The lowest BCUT2D eigenvalue weighted by Crippen LogP contribution is -2.49. The standard InChI is InChI=1S/C18H18N4O3/c1-12-10-13(11-16(23)19-12)17(24)21-6-8-22(9-7-21)18-20-14-4-2-3-5-15(14)25-18/h2-5,10-11H,6-9H2,1H3,(H,19,23). The maximum atomic E-state index is 12.6. The lowest BCUT2D eigenvalue weighted by molar-refractivity contribution is 0.0744. The smallest absolute Gasteiger partial charge is 0.298 e. The van der Waals surface area contributed by atoms with Crippen LogP contribution in [-0.4, -0.2) is 47.0 Å². The monoisotopic (exact) mass is 338 g/mol. The summed E-state index contributed by atoms with van der Waals surface area (Å²) in [6.45, 7) is 4.16. The van der Waals surface area contributed by atoms with Crippen molar-refractivity contribution in [2.24, 2.45) is 0 Å². The Balaban J connectivity index is 1.47. The molecule has 3 heterocycles. The molecule has 0 unspecified atom stereocenters. The zero-order valence-electron chi connectivity index (χ0n) is 13.9. The van der Waals surface area contributed by atoms with Crippen LogP contribution in [0.1, 0.15) is 16.1 Å². The molecule has 3 aromatic rings. The number of hydrogen-bond donors (Lipinski definition) is 1. The van der Waals surface area contributed by atoms with Crippen LogP contribution in [0.2, 0.25) is 0 Å². The van der Waals surface area contributed by atoms with Crippen LogP contribution < -0.4 is 10.5 Å². The third-order valence-corrected chi connectivity index (χ3v) is 4.35. The molecule has 1 aromatic carbocycles. The molecule has 1 aliphatic rings. The number of carbonyl (C=O) groups excluding carboxylic acids is 1. The van der Waals surface area contributed by atoms with Crippen LogP contribution in [0.4, 0.5) is 6.01 Å². The van der Waals surface area contributed by atoms with Gasteiger partial charge in [0.2, 0.25) is 5.56 Å². The summed E-state index contributed by atoms with van der Waals surface area (Å²) >= 11 is 0. The molecule has 0 bridgehead atoms. The molecule has 0 spiro atoms. The van der Waals surface area contributed by atoms with Gasteiger partial charge in [-0.3, -0.25) is 9.59 Å². The van der Waals surface area contributed by atoms with E-state index in [2.05, 4.69) is 9.97 Å². The Morgan fingerprint density at radius 2 is 1.92 bits per heavy atom. The van der Waals surface area contributed by atoms with E-state index in [4.69, 9.17) is 4.42 Å². The van der Waals surface area contributed by atoms with Crippen molar-refractivity contribution in [3.63, 3.8) is 0 Å². The molecule has 1 amide bonds. The Kier molecular flexibility index (Phi) is 3.76. The van der Waals surface area contributed by atoms with Crippen LogP contribution in [0.25, 0.3) is 11.1 Å². The molecule has 4 rings (SSSR count). The van der Waals surface area contributed by atoms with Gasteiger partial charge < -0.3 is 19.2 Å². The van der Waals surface area contributed by atoms with Gasteiger partial charge in [-0.05, 0) is 25.1 Å². The number of para-hydroxylation sites is 2. The number of oxazole rings is 1. The number of benzene rings is 1. The molecule has 25 heavy (non-hydrogen) atoms. The molecule has 7 nitrogen and oxygen atoms in total. The number of pyridine rings is 1. The number of nitrogens with one attached hydrogen (secondary N) is 1. The second kappa shape index (κ2) is 6.08. The largest absolute Gasteiger partial charge is 0.423 e. The summed E-state index contributed by atoms with van der Waals surface area (Å²) < 4.78 is 5.79. The SMILES string of the molecule is Cc1cc(C(=O)N2CCN(c3nc4ccccc4o3)CC2)cc(=O)[nH]1. The Hall–Kier alpha value is -3.09. The number of amides is 1. The highest BCUT2D eigenvalue weighted by molar-refractivity contribution is 5.94. The summed E-state index contributed by atoms with van der Waals surface area (Å²) in [5.74, 6) is -0.119. The van der Waals surface area contributed by atoms with Gasteiger partial charge in [0.1, 0.15) is 5.52 Å². The first-order valence-electron chi connectivity index (χ1n) is 8.21. The Bertz CT molecular complexity index is 950. The van der Waals surface area contributed by atoms with Crippen molar-refractivity contribution in [3.8, 4) is 0 Å². The number of nitrogens with zero attached hydrogens (tertiary/aromatic N) is 3. The molecule has 1 aliphatic heterocycles. The van der Waals surface area contributed by atoms with Crippen molar-refractivity contribution < 1.29 is 9.21 Å². The van der Waals surface area contributed by atoms with Gasteiger partial charge in [0, 0.05) is 43.5 Å². The van der Waals surface area contributed by atoms with Gasteiger partial charge in [-0.25, -0.2) is 0 Å². The van der Waals surface area contributed by atoms with Gasteiger partial charge in [-0.1, -0.05) is 12.1 Å². The van der Waals surface area contributed by atoms with Gasteiger partial charge in [-0.2, -0.15) is 4.98 Å². The number of aromatic amines is 1. The number of hydrogen-bond acceptors (Lipinski definition) is 5. The van der Waals surface area contributed by atoms with Gasteiger partial charge >= 0.3 is 0 Å². The fourth-order valence-corrected chi connectivity index (χ4v) is 3.08. The predicted octanol–water partition coefficient (Wildman–Crippen LogP) is 1.79. The minimum Gasteiger partial charge on any atom is -0.423 e. The van der Waals surface area contributed by atoms with Crippen molar-refractivity contribution in [1.29, 1.82) is 0 Å². The molecule has 0 aliphatic carbocycles. The molecule has 1 N–H and O–H groups in total. The van der Waals surface area contributed by atoms with Crippen molar-refractivity contribution in [2.75, 3.05) is 31.1 Å². The highest BCUT2D eigenvalue weighted by atomic mass is 16.4. The first-order chi connectivity index (χ1) is 12.1. The van der Waals surface area contributed by atoms with E-state index in [1.165, 1.54) is 6.07 Å². The van der Waals surface area contributed by atoms with Gasteiger partial charge in [0.15, 0.2) is 5.58 Å². The number of aryl methyl sites for hydroxylation is 1. The maximum absolute atomic E-state index is 12.6. The number of rotatable bonds is 2. The second-order valence-electron chi connectivity index (χ2n) is 6.16. The molecule has 0 atom stereocenters. The molecule has 1 fully saturated rings. The molecular formula is C18H18N4O3. The molecule has 0 saturated carbocycles. The normalized spacial score (nSPS) is 14.9.